The number of carbonyl (C=O) groups is 1. The summed E-state index contributed by atoms with van der Waals surface area (Å²) in [5.74, 6) is 0.746. The lowest BCUT2D eigenvalue weighted by atomic mass is 10.1. The van der Waals surface area contributed by atoms with Gasteiger partial charge in [-0.2, -0.15) is 5.10 Å². The molecule has 1 unspecified atom stereocenters. The molecular weight excluding hydrogens is 420 g/mol. The number of carbonyl (C=O) groups excluding carboxylic acids is 1. The van der Waals surface area contributed by atoms with Gasteiger partial charge in [-0.1, -0.05) is 42.5 Å². The van der Waals surface area contributed by atoms with Crippen LogP contribution in [0.1, 0.15) is 32.5 Å². The van der Waals surface area contributed by atoms with Crippen molar-refractivity contribution in [3.63, 3.8) is 0 Å². The van der Waals surface area contributed by atoms with Crippen molar-refractivity contribution in [1.29, 1.82) is 0 Å². The molecule has 1 amide bonds. The first kappa shape index (κ1) is 22.0. The fourth-order valence-electron chi connectivity index (χ4n) is 3.81. The van der Waals surface area contributed by atoms with Crippen LogP contribution in [0.5, 0.6) is 5.75 Å². The van der Waals surface area contributed by atoms with Gasteiger partial charge in [-0.25, -0.2) is 0 Å². The summed E-state index contributed by atoms with van der Waals surface area (Å²) in [6.45, 7) is 3.18. The highest BCUT2D eigenvalue weighted by molar-refractivity contribution is 7.20. The molecule has 0 radical (unpaired) electrons. The van der Waals surface area contributed by atoms with Crippen LogP contribution in [-0.2, 0) is 6.54 Å². The summed E-state index contributed by atoms with van der Waals surface area (Å²) in [7, 11) is 5.68. The summed E-state index contributed by atoms with van der Waals surface area (Å²) in [4.78, 5) is 16.8. The molecule has 2 aromatic carbocycles. The van der Waals surface area contributed by atoms with Crippen molar-refractivity contribution in [1.82, 2.24) is 20.0 Å². The van der Waals surface area contributed by atoms with Gasteiger partial charge in [0.1, 0.15) is 10.6 Å². The maximum absolute atomic E-state index is 13.0. The Morgan fingerprint density at radius 3 is 2.66 bits per heavy atom. The molecule has 4 rings (SSSR count). The largest absolute Gasteiger partial charge is 0.497 e. The molecule has 1 N–H and O–H groups in total. The van der Waals surface area contributed by atoms with Crippen LogP contribution >= 0.6 is 11.3 Å². The molecule has 7 heteroatoms. The van der Waals surface area contributed by atoms with Gasteiger partial charge in [-0.3, -0.25) is 9.48 Å². The first-order valence-electron chi connectivity index (χ1n) is 10.6. The average molecular weight is 449 g/mol. The molecule has 2 aromatic heterocycles. The van der Waals surface area contributed by atoms with E-state index in [4.69, 9.17) is 4.74 Å². The lowest BCUT2D eigenvalue weighted by molar-refractivity contribution is 0.0946. The van der Waals surface area contributed by atoms with Gasteiger partial charge in [0.25, 0.3) is 5.91 Å². The number of rotatable bonds is 8. The molecule has 0 aliphatic heterocycles. The van der Waals surface area contributed by atoms with Crippen LogP contribution in [0.2, 0.25) is 0 Å². The average Bonchev–Trinajstić information content (AvgIpc) is 3.36. The lowest BCUT2D eigenvalue weighted by Gasteiger charge is -2.25. The van der Waals surface area contributed by atoms with Crippen molar-refractivity contribution in [2.24, 2.45) is 0 Å². The summed E-state index contributed by atoms with van der Waals surface area (Å²) in [6.07, 6.45) is 0. The number of methoxy groups -OCH3 is 1. The van der Waals surface area contributed by atoms with Gasteiger partial charge in [0.2, 0.25) is 0 Å². The van der Waals surface area contributed by atoms with Gasteiger partial charge in [0.15, 0.2) is 0 Å². The number of thiophene rings is 1. The quantitative estimate of drug-likeness (QED) is 0.431. The van der Waals surface area contributed by atoms with E-state index in [2.05, 4.69) is 33.5 Å². The first-order valence-corrected chi connectivity index (χ1v) is 11.4. The van der Waals surface area contributed by atoms with Crippen LogP contribution in [-0.4, -0.2) is 48.3 Å². The van der Waals surface area contributed by atoms with Gasteiger partial charge >= 0.3 is 0 Å². The SMILES string of the molecule is COc1cccc(C(CNC(=O)c2cc3c(C)nn(Cc4ccccc4)c3s2)N(C)C)c1. The van der Waals surface area contributed by atoms with Crippen LogP contribution in [0.15, 0.2) is 60.7 Å². The second-order valence-electron chi connectivity index (χ2n) is 8.02. The fraction of sp³-hybridized carbons (Fsp3) is 0.280. The number of hydrogen-bond acceptors (Lipinski definition) is 5. The third-order valence-electron chi connectivity index (χ3n) is 5.56. The number of likely N-dealkylation sites (N-methyl/N-ethyl adjacent to an activating group) is 1. The normalized spacial score (nSPS) is 12.3. The third-order valence-corrected chi connectivity index (χ3v) is 6.71. The Kier molecular flexibility index (Phi) is 6.58. The number of fused-ring (bicyclic) bond motifs is 1. The predicted molar refractivity (Wildman–Crippen MR) is 130 cm³/mol. The molecule has 4 aromatic rings. The van der Waals surface area contributed by atoms with E-state index in [-0.39, 0.29) is 11.9 Å². The second-order valence-corrected chi connectivity index (χ2v) is 9.05. The molecule has 2 heterocycles. The van der Waals surface area contributed by atoms with Gasteiger partial charge in [0.05, 0.1) is 30.3 Å². The van der Waals surface area contributed by atoms with Gasteiger partial charge in [0, 0.05) is 11.9 Å². The molecule has 166 valence electrons. The molecule has 1 atom stereocenters. The van der Waals surface area contributed by atoms with Crippen molar-refractivity contribution in [2.45, 2.75) is 19.5 Å². The first-order chi connectivity index (χ1) is 15.5. The summed E-state index contributed by atoms with van der Waals surface area (Å²) in [6, 6.07) is 20.2. The highest BCUT2D eigenvalue weighted by atomic mass is 32.1. The van der Waals surface area contributed by atoms with Gasteiger partial charge in [-0.05, 0) is 50.3 Å². The maximum atomic E-state index is 13.0. The van der Waals surface area contributed by atoms with E-state index < -0.39 is 0 Å². The zero-order valence-corrected chi connectivity index (χ0v) is 19.6. The Bertz CT molecular complexity index is 1210. The van der Waals surface area contributed by atoms with Crippen LogP contribution < -0.4 is 10.1 Å². The molecule has 32 heavy (non-hydrogen) atoms. The number of benzene rings is 2. The second kappa shape index (κ2) is 9.54. The molecular formula is C25H28N4O2S. The van der Waals surface area contributed by atoms with E-state index in [1.54, 1.807) is 7.11 Å². The van der Waals surface area contributed by atoms with E-state index in [0.29, 0.717) is 18.0 Å². The van der Waals surface area contributed by atoms with Crippen LogP contribution in [0.25, 0.3) is 10.2 Å². The fourth-order valence-corrected chi connectivity index (χ4v) is 4.89. The van der Waals surface area contributed by atoms with E-state index in [9.17, 15) is 4.79 Å². The Labute approximate surface area is 192 Å². The smallest absolute Gasteiger partial charge is 0.261 e. The molecule has 0 saturated heterocycles. The lowest BCUT2D eigenvalue weighted by Crippen LogP contribution is -2.34. The predicted octanol–water partition coefficient (Wildman–Crippen LogP) is 4.50. The summed E-state index contributed by atoms with van der Waals surface area (Å²) in [5, 5.41) is 8.83. The van der Waals surface area contributed by atoms with E-state index >= 15 is 0 Å². The number of ether oxygens (including phenoxy) is 1. The Balaban J connectivity index is 1.51. The minimum absolute atomic E-state index is 0.0405. The summed E-state index contributed by atoms with van der Waals surface area (Å²) in [5.41, 5.74) is 3.22. The monoisotopic (exact) mass is 448 g/mol. The van der Waals surface area contributed by atoms with E-state index in [0.717, 1.165) is 27.2 Å². The molecule has 0 saturated carbocycles. The zero-order chi connectivity index (χ0) is 22.7. The number of nitrogens with one attached hydrogen (secondary N) is 1. The number of nitrogens with zero attached hydrogens (tertiary/aromatic N) is 3. The van der Waals surface area contributed by atoms with Gasteiger partial charge < -0.3 is 15.0 Å². The Morgan fingerprint density at radius 2 is 1.94 bits per heavy atom. The topological polar surface area (TPSA) is 59.4 Å². The van der Waals surface area contributed by atoms with Crippen molar-refractivity contribution in [3.8, 4) is 5.75 Å². The van der Waals surface area contributed by atoms with E-state index in [1.807, 2.05) is 68.2 Å². The Hall–Kier alpha value is -3.16. The molecule has 0 aliphatic carbocycles. The van der Waals surface area contributed by atoms with Gasteiger partial charge in [-0.15, -0.1) is 11.3 Å². The summed E-state index contributed by atoms with van der Waals surface area (Å²) >= 11 is 1.49. The third kappa shape index (κ3) is 4.69. The minimum atomic E-state index is -0.0633. The van der Waals surface area contributed by atoms with Crippen LogP contribution in [0.4, 0.5) is 0 Å². The number of aryl methyl sites for hydroxylation is 1. The van der Waals surface area contributed by atoms with Crippen molar-refractivity contribution in [3.05, 3.63) is 82.4 Å². The number of aromatic nitrogens is 2. The molecule has 0 spiro atoms. The standard InChI is InChI=1S/C25H28N4O2S/c1-17-21-14-23(32-25(21)29(27-17)16-18-9-6-5-7-10-18)24(30)26-15-22(28(2)3)19-11-8-12-20(13-19)31-4/h5-14,22H,15-16H2,1-4H3,(H,26,30). The highest BCUT2D eigenvalue weighted by Crippen LogP contribution is 2.29. The van der Waals surface area contributed by atoms with Crippen LogP contribution in [0, 0.1) is 6.92 Å². The highest BCUT2D eigenvalue weighted by Gasteiger charge is 2.20. The van der Waals surface area contributed by atoms with Crippen LogP contribution in [0.3, 0.4) is 0 Å². The number of amides is 1. The molecule has 0 fully saturated rings. The molecule has 6 nitrogen and oxygen atoms in total. The molecule has 0 aliphatic rings. The Morgan fingerprint density at radius 1 is 1.16 bits per heavy atom. The molecule has 0 bridgehead atoms. The zero-order valence-electron chi connectivity index (χ0n) is 18.8. The minimum Gasteiger partial charge on any atom is -0.497 e. The maximum Gasteiger partial charge on any atom is 0.261 e. The summed E-state index contributed by atoms with van der Waals surface area (Å²) < 4.78 is 7.34. The van der Waals surface area contributed by atoms with Crippen molar-refractivity contribution >= 4 is 27.5 Å². The van der Waals surface area contributed by atoms with Crippen molar-refractivity contribution < 1.29 is 9.53 Å². The van der Waals surface area contributed by atoms with E-state index in [1.165, 1.54) is 16.9 Å². The van der Waals surface area contributed by atoms with Crippen molar-refractivity contribution in [2.75, 3.05) is 27.7 Å². The number of hydrogen-bond donors (Lipinski definition) is 1.